The molecule has 3 unspecified atom stereocenters. The number of thioether (sulfide) groups is 1. The van der Waals surface area contributed by atoms with Gasteiger partial charge in [-0.1, -0.05) is 64.9 Å². The topological polar surface area (TPSA) is 53.9 Å². The van der Waals surface area contributed by atoms with Crippen LogP contribution in [0.1, 0.15) is 36.9 Å². The molecule has 1 amide bonds. The summed E-state index contributed by atoms with van der Waals surface area (Å²) in [6.45, 7) is 2.08. The zero-order valence-electron chi connectivity index (χ0n) is 14.7. The molecule has 27 heavy (non-hydrogen) atoms. The van der Waals surface area contributed by atoms with Crippen LogP contribution < -0.4 is 10.1 Å². The molecular weight excluding hydrogens is 426 g/mol. The normalized spacial score (nSPS) is 28.4. The second-order valence-electron chi connectivity index (χ2n) is 6.89. The molecule has 3 aliphatic rings. The number of carbonyl (C=O) groups excluding carboxylic acids is 1. The highest BCUT2D eigenvalue weighted by atomic mass is 79.9. The average molecular weight is 444 g/mol. The van der Waals surface area contributed by atoms with Gasteiger partial charge >= 0.3 is 0 Å². The molecule has 0 aliphatic carbocycles. The van der Waals surface area contributed by atoms with Gasteiger partial charge in [0.05, 0.1) is 17.0 Å². The van der Waals surface area contributed by atoms with E-state index in [1.54, 1.807) is 0 Å². The molecule has 3 aliphatic heterocycles. The third kappa shape index (κ3) is 2.59. The number of amides is 1. The molecule has 0 aromatic heterocycles. The number of benzene rings is 2. The van der Waals surface area contributed by atoms with Crippen LogP contribution >= 0.6 is 27.7 Å². The largest absolute Gasteiger partial charge is 0.447 e. The lowest BCUT2D eigenvalue weighted by atomic mass is 9.95. The van der Waals surface area contributed by atoms with E-state index in [0.29, 0.717) is 0 Å². The molecule has 1 saturated heterocycles. The van der Waals surface area contributed by atoms with E-state index in [0.717, 1.165) is 39.9 Å². The number of hydrazone groups is 1. The van der Waals surface area contributed by atoms with E-state index in [1.165, 1.54) is 11.8 Å². The van der Waals surface area contributed by atoms with E-state index < -0.39 is 5.85 Å². The average Bonchev–Trinajstić information content (AvgIpc) is 3.26. The molecule has 0 bridgehead atoms. The van der Waals surface area contributed by atoms with E-state index in [-0.39, 0.29) is 16.5 Å². The molecule has 7 heteroatoms. The van der Waals surface area contributed by atoms with E-state index in [9.17, 15) is 4.79 Å². The first-order valence-electron chi connectivity index (χ1n) is 9.00. The molecule has 1 spiro atoms. The smallest absolute Gasteiger partial charge is 0.292 e. The predicted molar refractivity (Wildman–Crippen MR) is 110 cm³/mol. The monoisotopic (exact) mass is 443 g/mol. The summed E-state index contributed by atoms with van der Waals surface area (Å²) < 4.78 is 7.46. The Labute approximate surface area is 170 Å². The van der Waals surface area contributed by atoms with Gasteiger partial charge in [-0.2, -0.15) is 5.10 Å². The maximum absolute atomic E-state index is 12.3. The molecule has 138 valence electrons. The Hall–Kier alpha value is -1.99. The number of halogens is 1. The molecule has 2 aromatic carbocycles. The summed E-state index contributed by atoms with van der Waals surface area (Å²) in [6.07, 6.45) is 1.57. The lowest BCUT2D eigenvalue weighted by Crippen LogP contribution is -2.65. The molecule has 0 saturated carbocycles. The number of nitrogens with one attached hydrogen (secondary N) is 1. The van der Waals surface area contributed by atoms with Crippen LogP contribution in [0.25, 0.3) is 0 Å². The first-order valence-corrected chi connectivity index (χ1v) is 10.7. The van der Waals surface area contributed by atoms with Gasteiger partial charge in [-0.05, 0) is 30.2 Å². The Morgan fingerprint density at radius 1 is 1.33 bits per heavy atom. The minimum atomic E-state index is -0.946. The van der Waals surface area contributed by atoms with Crippen LogP contribution in [-0.4, -0.2) is 27.1 Å². The molecule has 2 aromatic rings. The van der Waals surface area contributed by atoms with Crippen molar-refractivity contribution in [3.05, 3.63) is 64.1 Å². The van der Waals surface area contributed by atoms with E-state index >= 15 is 0 Å². The summed E-state index contributed by atoms with van der Waals surface area (Å²) in [5.41, 5.74) is 3.20. The van der Waals surface area contributed by atoms with Gasteiger partial charge in [-0.15, -0.1) is 0 Å². The predicted octanol–water partition coefficient (Wildman–Crippen LogP) is 4.88. The summed E-state index contributed by atoms with van der Waals surface area (Å²) >= 11 is 4.87. The maximum Gasteiger partial charge on any atom is 0.292 e. The molecule has 1 N–H and O–H groups in total. The summed E-state index contributed by atoms with van der Waals surface area (Å²) in [4.78, 5) is 12.3. The number of nitrogens with zero attached hydrogens (tertiary/aromatic N) is 2. The van der Waals surface area contributed by atoms with Crippen molar-refractivity contribution in [3.63, 3.8) is 0 Å². The van der Waals surface area contributed by atoms with Gasteiger partial charge in [0.2, 0.25) is 0 Å². The second-order valence-corrected chi connectivity index (χ2v) is 8.98. The lowest BCUT2D eigenvalue weighted by Gasteiger charge is -2.47. The summed E-state index contributed by atoms with van der Waals surface area (Å²) in [7, 11) is 0. The Kier molecular flexibility index (Phi) is 3.98. The minimum Gasteiger partial charge on any atom is -0.447 e. The van der Waals surface area contributed by atoms with Crippen molar-refractivity contribution in [1.82, 2.24) is 10.3 Å². The van der Waals surface area contributed by atoms with Crippen molar-refractivity contribution < 1.29 is 9.53 Å². The first-order chi connectivity index (χ1) is 13.1. The maximum atomic E-state index is 12.3. The van der Waals surface area contributed by atoms with Gasteiger partial charge in [0, 0.05) is 16.5 Å². The molecule has 1 fully saturated rings. The lowest BCUT2D eigenvalue weighted by molar-refractivity contribution is -0.130. The van der Waals surface area contributed by atoms with Crippen LogP contribution in [0.15, 0.2) is 58.1 Å². The third-order valence-electron chi connectivity index (χ3n) is 5.29. The van der Waals surface area contributed by atoms with E-state index in [4.69, 9.17) is 9.84 Å². The number of hydrogen-bond donors (Lipinski definition) is 1. The van der Waals surface area contributed by atoms with Gasteiger partial charge in [0.1, 0.15) is 5.75 Å². The fourth-order valence-electron chi connectivity index (χ4n) is 4.07. The Morgan fingerprint density at radius 2 is 2.15 bits per heavy atom. The van der Waals surface area contributed by atoms with Crippen molar-refractivity contribution in [3.8, 4) is 5.75 Å². The molecular formula is C20H18BrN3O2S. The van der Waals surface area contributed by atoms with Gasteiger partial charge < -0.3 is 4.74 Å². The van der Waals surface area contributed by atoms with Crippen LogP contribution in [0.2, 0.25) is 0 Å². The third-order valence-corrected chi connectivity index (χ3v) is 7.04. The van der Waals surface area contributed by atoms with Crippen LogP contribution in [0, 0.1) is 0 Å². The summed E-state index contributed by atoms with van der Waals surface area (Å²) in [5, 5.41) is 9.91. The fourth-order valence-corrected chi connectivity index (χ4v) is 5.46. The highest BCUT2D eigenvalue weighted by molar-refractivity contribution is 9.10. The Morgan fingerprint density at radius 3 is 2.93 bits per heavy atom. The van der Waals surface area contributed by atoms with E-state index in [1.807, 2.05) is 35.3 Å². The summed E-state index contributed by atoms with van der Waals surface area (Å²) in [5.74, 6) is -0.136. The van der Waals surface area contributed by atoms with Crippen LogP contribution in [0.3, 0.4) is 0 Å². The highest BCUT2D eigenvalue weighted by Crippen LogP contribution is 2.51. The number of rotatable bonds is 2. The van der Waals surface area contributed by atoms with Crippen LogP contribution in [-0.2, 0) is 0 Å². The SMILES string of the molecule is CCC1SC(=O)NC12Oc1ccc(Br)cc1C1CC(c3ccccc3)=NN12. The van der Waals surface area contributed by atoms with Crippen molar-refractivity contribution in [2.24, 2.45) is 5.10 Å². The molecule has 0 radical (unpaired) electrons. The zero-order chi connectivity index (χ0) is 18.6. The highest BCUT2D eigenvalue weighted by Gasteiger charge is 2.60. The van der Waals surface area contributed by atoms with Crippen molar-refractivity contribution in [2.75, 3.05) is 0 Å². The van der Waals surface area contributed by atoms with Crippen molar-refractivity contribution in [1.29, 1.82) is 0 Å². The quantitative estimate of drug-likeness (QED) is 0.718. The van der Waals surface area contributed by atoms with Gasteiger partial charge in [-0.25, -0.2) is 5.01 Å². The number of ether oxygens (including phenoxy) is 1. The molecule has 3 heterocycles. The van der Waals surface area contributed by atoms with E-state index in [2.05, 4.69) is 46.4 Å². The first kappa shape index (κ1) is 17.1. The standard InChI is InChI=1S/C20H18BrN3O2S/c1-2-18-20(22-19(25)27-18)24-16(14-10-13(21)8-9-17(14)26-20)11-15(23-24)12-6-4-3-5-7-12/h3-10,16,18H,2,11H2,1H3,(H,22,25). The minimum absolute atomic E-state index is 0.0227. The molecule has 5 rings (SSSR count). The number of carbonyl (C=O) groups is 1. The van der Waals surface area contributed by atoms with Crippen LogP contribution in [0.4, 0.5) is 4.79 Å². The Balaban J connectivity index is 1.66. The number of fused-ring (bicyclic) bond motifs is 4. The van der Waals surface area contributed by atoms with Crippen LogP contribution in [0.5, 0.6) is 5.75 Å². The van der Waals surface area contributed by atoms with Crippen molar-refractivity contribution in [2.45, 2.75) is 36.9 Å². The van der Waals surface area contributed by atoms with Crippen molar-refractivity contribution >= 4 is 38.6 Å². The number of hydrogen-bond acceptors (Lipinski definition) is 5. The second kappa shape index (κ2) is 6.27. The zero-order valence-corrected chi connectivity index (χ0v) is 17.1. The molecule has 3 atom stereocenters. The fraction of sp³-hybridized carbons (Fsp3) is 0.300. The summed E-state index contributed by atoms with van der Waals surface area (Å²) in [6, 6.07) is 16.3. The van der Waals surface area contributed by atoms with Gasteiger partial charge in [0.15, 0.2) is 0 Å². The Bertz CT molecular complexity index is 951. The molecule has 5 nitrogen and oxygen atoms in total. The van der Waals surface area contributed by atoms with Gasteiger partial charge in [-0.3, -0.25) is 10.1 Å². The van der Waals surface area contributed by atoms with Gasteiger partial charge in [0.25, 0.3) is 11.1 Å².